The fourth-order valence-electron chi connectivity index (χ4n) is 1.99. The Morgan fingerprint density at radius 2 is 1.82 bits per heavy atom. The number of thioether (sulfide) groups is 1. The number of ether oxygens (including phenoxy) is 1. The summed E-state index contributed by atoms with van der Waals surface area (Å²) in [6.45, 7) is 7.08. The van der Waals surface area contributed by atoms with Crippen molar-refractivity contribution in [2.45, 2.75) is 48.6 Å². The second-order valence-electron chi connectivity index (χ2n) is 7.17. The van der Waals surface area contributed by atoms with E-state index in [-0.39, 0.29) is 11.8 Å². The minimum atomic E-state index is -1.88. The number of nitrogens with zero attached hydrogens (tertiary/aromatic N) is 2. The van der Waals surface area contributed by atoms with Gasteiger partial charge in [0.15, 0.2) is 5.16 Å². The summed E-state index contributed by atoms with van der Waals surface area (Å²) in [6.07, 6.45) is -1.20. The summed E-state index contributed by atoms with van der Waals surface area (Å²) in [6, 6.07) is 11.6. The van der Waals surface area contributed by atoms with Gasteiger partial charge in [-0.05, 0) is 12.5 Å². The topological polar surface area (TPSA) is 64.1 Å². The molecule has 1 aromatic carbocycles. The molecule has 0 unspecified atom stereocenters. The number of hydrogen-bond acceptors (Lipinski definition) is 5. The van der Waals surface area contributed by atoms with Crippen LogP contribution in [0.2, 0.25) is 0 Å². The van der Waals surface area contributed by atoms with Gasteiger partial charge in [-0.2, -0.15) is 4.98 Å². The first-order chi connectivity index (χ1) is 12.9. The molecule has 2 aromatic rings. The molecule has 1 amide bonds. The Bertz CT molecular complexity index is 808. The normalized spacial score (nSPS) is 13.1. The summed E-state index contributed by atoms with van der Waals surface area (Å²) >= 11 is 19.5. The summed E-state index contributed by atoms with van der Waals surface area (Å²) in [5, 5.41) is 3.15. The van der Waals surface area contributed by atoms with Crippen LogP contribution < -0.4 is 10.1 Å². The second-order valence-corrected chi connectivity index (χ2v) is 10.5. The molecule has 0 aliphatic carbocycles. The number of halogens is 3. The summed E-state index contributed by atoms with van der Waals surface area (Å²) in [5.41, 5.74) is 1.18. The maximum atomic E-state index is 12.3. The van der Waals surface area contributed by atoms with E-state index in [0.29, 0.717) is 16.6 Å². The third-order valence-corrected chi connectivity index (χ3v) is 5.01. The van der Waals surface area contributed by atoms with Crippen molar-refractivity contribution in [2.75, 3.05) is 0 Å². The molecular weight excluding hydrogens is 441 g/mol. The van der Waals surface area contributed by atoms with Gasteiger partial charge < -0.3 is 10.1 Å². The number of aryl methyl sites for hydroxylation is 1. The molecule has 28 heavy (non-hydrogen) atoms. The Balaban J connectivity index is 2.15. The van der Waals surface area contributed by atoms with Crippen LogP contribution in [0.1, 0.15) is 32.0 Å². The van der Waals surface area contributed by atoms with E-state index in [4.69, 9.17) is 39.5 Å². The lowest BCUT2D eigenvalue weighted by Gasteiger charge is -2.29. The third kappa shape index (κ3) is 7.32. The van der Waals surface area contributed by atoms with Crippen molar-refractivity contribution in [3.05, 3.63) is 47.7 Å². The first-order valence-electron chi connectivity index (χ1n) is 8.52. The second kappa shape index (κ2) is 9.53. The molecule has 1 atom stereocenters. The van der Waals surface area contributed by atoms with Gasteiger partial charge in [-0.3, -0.25) is 4.79 Å². The summed E-state index contributed by atoms with van der Waals surface area (Å²) in [7, 11) is 0. The molecule has 1 N–H and O–H groups in total. The highest BCUT2D eigenvalue weighted by Gasteiger charge is 2.38. The number of aromatic nitrogens is 2. The zero-order valence-corrected chi connectivity index (χ0v) is 19.1. The Kier molecular flexibility index (Phi) is 7.85. The van der Waals surface area contributed by atoms with Crippen LogP contribution in [0, 0.1) is 12.3 Å². The number of nitrogens with one attached hydrogen (secondary N) is 1. The van der Waals surface area contributed by atoms with Crippen molar-refractivity contribution in [1.29, 1.82) is 0 Å². The third-order valence-electron chi connectivity index (χ3n) is 3.50. The van der Waals surface area contributed by atoms with Crippen LogP contribution in [-0.2, 0) is 10.5 Å². The summed E-state index contributed by atoms with van der Waals surface area (Å²) < 4.78 is 3.85. The SMILES string of the molecule is Cc1cc(O[C@H](NC(=O)C(C)(C)C)C(Cl)(Cl)Cl)nc(SCc2ccccc2)n1. The van der Waals surface area contributed by atoms with E-state index in [1.807, 2.05) is 37.3 Å². The molecule has 0 fully saturated rings. The molecule has 2 rings (SSSR count). The van der Waals surface area contributed by atoms with E-state index in [1.54, 1.807) is 26.8 Å². The van der Waals surface area contributed by atoms with Crippen LogP contribution in [0.4, 0.5) is 0 Å². The van der Waals surface area contributed by atoms with Gasteiger partial charge in [0.05, 0.1) is 0 Å². The number of carbonyl (C=O) groups excluding carboxylic acids is 1. The van der Waals surface area contributed by atoms with Crippen molar-refractivity contribution in [3.8, 4) is 5.88 Å². The van der Waals surface area contributed by atoms with Gasteiger partial charge >= 0.3 is 0 Å². The predicted molar refractivity (Wildman–Crippen MR) is 115 cm³/mol. The average Bonchev–Trinajstić information content (AvgIpc) is 2.58. The molecule has 1 heterocycles. The zero-order valence-electron chi connectivity index (χ0n) is 16.0. The number of alkyl halides is 3. The minimum Gasteiger partial charge on any atom is -0.449 e. The van der Waals surface area contributed by atoms with E-state index >= 15 is 0 Å². The van der Waals surface area contributed by atoms with Crippen LogP contribution >= 0.6 is 46.6 Å². The lowest BCUT2D eigenvalue weighted by Crippen LogP contribution is -2.51. The monoisotopic (exact) mass is 461 g/mol. The number of hydrogen-bond donors (Lipinski definition) is 1. The van der Waals surface area contributed by atoms with Crippen molar-refractivity contribution in [1.82, 2.24) is 15.3 Å². The molecule has 0 saturated heterocycles. The fraction of sp³-hybridized carbons (Fsp3) is 0.421. The lowest BCUT2D eigenvalue weighted by molar-refractivity contribution is -0.131. The van der Waals surface area contributed by atoms with E-state index < -0.39 is 15.4 Å². The molecule has 0 radical (unpaired) electrons. The van der Waals surface area contributed by atoms with Gasteiger partial charge in [0.2, 0.25) is 21.8 Å². The molecule has 5 nitrogen and oxygen atoms in total. The quantitative estimate of drug-likeness (QED) is 0.272. The number of benzene rings is 1. The molecule has 9 heteroatoms. The predicted octanol–water partition coefficient (Wildman–Crippen LogP) is 5.31. The van der Waals surface area contributed by atoms with Crippen LogP contribution in [0.5, 0.6) is 5.88 Å². The van der Waals surface area contributed by atoms with Crippen LogP contribution in [0.3, 0.4) is 0 Å². The molecule has 0 aliphatic rings. The van der Waals surface area contributed by atoms with Crippen molar-refractivity contribution in [2.24, 2.45) is 5.41 Å². The molecule has 0 spiro atoms. The first kappa shape index (κ1) is 23.1. The van der Waals surface area contributed by atoms with E-state index in [0.717, 1.165) is 5.56 Å². The Labute approximate surface area is 184 Å². The maximum absolute atomic E-state index is 12.3. The molecule has 0 bridgehead atoms. The largest absolute Gasteiger partial charge is 0.449 e. The highest BCUT2D eigenvalue weighted by Crippen LogP contribution is 2.33. The first-order valence-corrected chi connectivity index (χ1v) is 10.6. The minimum absolute atomic E-state index is 0.216. The van der Waals surface area contributed by atoms with E-state index in [1.165, 1.54) is 11.8 Å². The van der Waals surface area contributed by atoms with Gasteiger partial charge in [0, 0.05) is 22.9 Å². The molecule has 0 saturated carbocycles. The Hall–Kier alpha value is -1.21. The van der Waals surface area contributed by atoms with Crippen LogP contribution in [-0.4, -0.2) is 25.9 Å². The van der Waals surface area contributed by atoms with E-state index in [2.05, 4.69) is 15.3 Å². The van der Waals surface area contributed by atoms with Crippen LogP contribution in [0.15, 0.2) is 41.6 Å². The zero-order chi connectivity index (χ0) is 20.9. The maximum Gasteiger partial charge on any atom is 0.246 e. The fourth-order valence-corrected chi connectivity index (χ4v) is 3.14. The number of carbonyl (C=O) groups is 1. The van der Waals surface area contributed by atoms with Crippen LogP contribution in [0.25, 0.3) is 0 Å². The van der Waals surface area contributed by atoms with Crippen molar-refractivity contribution in [3.63, 3.8) is 0 Å². The summed E-state index contributed by atoms with van der Waals surface area (Å²) in [5.74, 6) is 0.611. The average molecular weight is 463 g/mol. The molecule has 1 aromatic heterocycles. The number of amides is 1. The lowest BCUT2D eigenvalue weighted by atomic mass is 9.96. The Morgan fingerprint density at radius 1 is 1.18 bits per heavy atom. The highest BCUT2D eigenvalue weighted by molar-refractivity contribution is 7.98. The van der Waals surface area contributed by atoms with Gasteiger partial charge in [0.25, 0.3) is 0 Å². The molecule has 0 aliphatic heterocycles. The van der Waals surface area contributed by atoms with Crippen molar-refractivity contribution >= 4 is 52.5 Å². The van der Waals surface area contributed by atoms with Crippen molar-refractivity contribution < 1.29 is 9.53 Å². The molecule has 152 valence electrons. The van der Waals surface area contributed by atoms with Gasteiger partial charge in [-0.15, -0.1) is 0 Å². The number of rotatable bonds is 6. The highest BCUT2D eigenvalue weighted by atomic mass is 35.6. The van der Waals surface area contributed by atoms with E-state index in [9.17, 15) is 4.79 Å². The van der Waals surface area contributed by atoms with Gasteiger partial charge in [-0.1, -0.05) is 97.7 Å². The summed E-state index contributed by atoms with van der Waals surface area (Å²) in [4.78, 5) is 21.1. The smallest absolute Gasteiger partial charge is 0.246 e. The van der Waals surface area contributed by atoms with Gasteiger partial charge in [-0.25, -0.2) is 4.98 Å². The van der Waals surface area contributed by atoms with Gasteiger partial charge in [0.1, 0.15) is 0 Å². The molecular formula is C19H22Cl3N3O2S. The Morgan fingerprint density at radius 3 is 2.39 bits per heavy atom. The standard InChI is InChI=1S/C19H22Cl3N3O2S/c1-12-10-14(24-17(23-12)28-11-13-8-6-5-7-9-13)27-16(19(20,21)22)25-15(26)18(2,3)4/h5-10,16H,11H2,1-4H3,(H,25,26)/t16-/m0/s1.